The molecule has 1 fully saturated rings. The number of thiazole rings is 1. The third kappa shape index (κ3) is 4.82. The van der Waals surface area contributed by atoms with E-state index in [0.29, 0.717) is 5.75 Å². The Morgan fingerprint density at radius 1 is 1.11 bits per heavy atom. The van der Waals surface area contributed by atoms with E-state index in [2.05, 4.69) is 23.2 Å². The number of thioether (sulfide) groups is 1. The van der Waals surface area contributed by atoms with Gasteiger partial charge in [-0.2, -0.15) is 0 Å². The quantitative estimate of drug-likeness (QED) is 0.609. The summed E-state index contributed by atoms with van der Waals surface area (Å²) in [5.41, 5.74) is 2.25. The van der Waals surface area contributed by atoms with Gasteiger partial charge < -0.3 is 9.64 Å². The lowest BCUT2D eigenvalue weighted by Gasteiger charge is -2.31. The zero-order valence-electron chi connectivity index (χ0n) is 15.0. The van der Waals surface area contributed by atoms with E-state index in [-0.39, 0.29) is 12.0 Å². The van der Waals surface area contributed by atoms with E-state index in [1.165, 1.54) is 5.56 Å². The Hall–Kier alpha value is -2.05. The Labute approximate surface area is 167 Å². The van der Waals surface area contributed by atoms with E-state index in [0.717, 1.165) is 47.1 Å². The van der Waals surface area contributed by atoms with Gasteiger partial charge in [0, 0.05) is 31.7 Å². The fourth-order valence-electron chi connectivity index (χ4n) is 3.19. The SMILES string of the molecule is O=C(CSCc1ccccc1)N1CCC(Oc2nc3ccccc3s2)CC1. The summed E-state index contributed by atoms with van der Waals surface area (Å²) in [7, 11) is 0. The summed E-state index contributed by atoms with van der Waals surface area (Å²) < 4.78 is 7.22. The molecule has 1 saturated heterocycles. The van der Waals surface area contributed by atoms with E-state index in [4.69, 9.17) is 4.74 Å². The van der Waals surface area contributed by atoms with Crippen LogP contribution in [0.2, 0.25) is 0 Å². The summed E-state index contributed by atoms with van der Waals surface area (Å²) in [4.78, 5) is 18.9. The number of para-hydroxylation sites is 1. The number of fused-ring (bicyclic) bond motifs is 1. The topological polar surface area (TPSA) is 42.4 Å². The Bertz CT molecular complexity index is 856. The first-order valence-corrected chi connectivity index (χ1v) is 11.2. The smallest absolute Gasteiger partial charge is 0.274 e. The molecule has 4 nitrogen and oxygen atoms in total. The number of hydrogen-bond acceptors (Lipinski definition) is 5. The zero-order chi connectivity index (χ0) is 18.5. The summed E-state index contributed by atoms with van der Waals surface area (Å²) in [5, 5.41) is 0.736. The molecule has 1 aliphatic rings. The van der Waals surface area contributed by atoms with Crippen molar-refractivity contribution in [3.8, 4) is 5.19 Å². The first kappa shape index (κ1) is 18.3. The maximum Gasteiger partial charge on any atom is 0.274 e. The van der Waals surface area contributed by atoms with Crippen molar-refractivity contribution in [2.24, 2.45) is 0 Å². The maximum absolute atomic E-state index is 12.4. The first-order valence-electron chi connectivity index (χ1n) is 9.19. The molecule has 0 bridgehead atoms. The van der Waals surface area contributed by atoms with Crippen LogP contribution >= 0.6 is 23.1 Å². The van der Waals surface area contributed by atoms with Crippen LogP contribution in [0.25, 0.3) is 10.2 Å². The normalized spacial score (nSPS) is 15.2. The fourth-order valence-corrected chi connectivity index (χ4v) is 4.96. The molecule has 0 atom stereocenters. The maximum atomic E-state index is 12.4. The van der Waals surface area contributed by atoms with Gasteiger partial charge in [-0.05, 0) is 17.7 Å². The van der Waals surface area contributed by atoms with Gasteiger partial charge in [0.05, 0.1) is 16.0 Å². The second-order valence-corrected chi connectivity index (χ2v) is 8.60. The van der Waals surface area contributed by atoms with Crippen LogP contribution in [0.1, 0.15) is 18.4 Å². The predicted molar refractivity (Wildman–Crippen MR) is 112 cm³/mol. The highest BCUT2D eigenvalue weighted by Crippen LogP contribution is 2.29. The van der Waals surface area contributed by atoms with Crippen LogP contribution < -0.4 is 4.74 Å². The van der Waals surface area contributed by atoms with Crippen molar-refractivity contribution in [1.29, 1.82) is 0 Å². The van der Waals surface area contributed by atoms with E-state index in [1.807, 2.05) is 41.3 Å². The molecule has 0 saturated carbocycles. The van der Waals surface area contributed by atoms with Crippen molar-refractivity contribution >= 4 is 39.2 Å². The number of rotatable bonds is 6. The number of piperidine rings is 1. The minimum atomic E-state index is 0.145. The lowest BCUT2D eigenvalue weighted by atomic mass is 10.1. The Balaban J connectivity index is 1.21. The highest BCUT2D eigenvalue weighted by molar-refractivity contribution is 7.99. The van der Waals surface area contributed by atoms with Gasteiger partial charge in [-0.15, -0.1) is 11.8 Å². The Morgan fingerprint density at radius 2 is 1.85 bits per heavy atom. The molecule has 1 aliphatic heterocycles. The van der Waals surface area contributed by atoms with Gasteiger partial charge in [0.15, 0.2) is 0 Å². The molecule has 4 rings (SSSR count). The third-order valence-electron chi connectivity index (χ3n) is 4.67. The number of ether oxygens (including phenoxy) is 1. The van der Waals surface area contributed by atoms with Crippen molar-refractivity contribution in [1.82, 2.24) is 9.88 Å². The van der Waals surface area contributed by atoms with Gasteiger partial charge in [0.2, 0.25) is 5.91 Å². The van der Waals surface area contributed by atoms with E-state index >= 15 is 0 Å². The van der Waals surface area contributed by atoms with Gasteiger partial charge in [0.25, 0.3) is 5.19 Å². The second kappa shape index (κ2) is 8.76. The largest absolute Gasteiger partial charge is 0.467 e. The van der Waals surface area contributed by atoms with Crippen molar-refractivity contribution < 1.29 is 9.53 Å². The molecule has 3 aromatic rings. The van der Waals surface area contributed by atoms with E-state index in [9.17, 15) is 4.79 Å². The molecule has 1 amide bonds. The van der Waals surface area contributed by atoms with Crippen LogP contribution in [0.4, 0.5) is 0 Å². The predicted octanol–water partition coefficient (Wildman–Crippen LogP) is 4.60. The Kier molecular flexibility index (Phi) is 5.94. The minimum Gasteiger partial charge on any atom is -0.467 e. The van der Waals surface area contributed by atoms with E-state index < -0.39 is 0 Å². The van der Waals surface area contributed by atoms with Crippen molar-refractivity contribution in [3.63, 3.8) is 0 Å². The summed E-state index contributed by atoms with van der Waals surface area (Å²) in [6.07, 6.45) is 1.88. The highest BCUT2D eigenvalue weighted by Gasteiger charge is 2.24. The minimum absolute atomic E-state index is 0.145. The van der Waals surface area contributed by atoms with Crippen molar-refractivity contribution in [2.45, 2.75) is 24.7 Å². The number of likely N-dealkylation sites (tertiary alicyclic amines) is 1. The van der Waals surface area contributed by atoms with Gasteiger partial charge >= 0.3 is 0 Å². The highest BCUT2D eigenvalue weighted by atomic mass is 32.2. The average molecular weight is 399 g/mol. The molecule has 140 valence electrons. The molecule has 0 radical (unpaired) electrons. The van der Waals surface area contributed by atoms with Gasteiger partial charge in [-0.1, -0.05) is 53.8 Å². The van der Waals surface area contributed by atoms with Crippen LogP contribution in [0.3, 0.4) is 0 Å². The third-order valence-corrected chi connectivity index (χ3v) is 6.59. The van der Waals surface area contributed by atoms with Crippen molar-refractivity contribution in [2.75, 3.05) is 18.8 Å². The summed E-state index contributed by atoms with van der Waals surface area (Å²) in [6, 6.07) is 18.4. The molecular formula is C21H22N2O2S2. The second-order valence-electron chi connectivity index (χ2n) is 6.62. The molecular weight excluding hydrogens is 376 g/mol. The lowest BCUT2D eigenvalue weighted by molar-refractivity contribution is -0.130. The number of amides is 1. The van der Waals surface area contributed by atoms with Crippen molar-refractivity contribution in [3.05, 3.63) is 60.2 Å². The standard InChI is InChI=1S/C21H22N2O2S2/c24-20(15-26-14-16-6-2-1-3-7-16)23-12-10-17(11-13-23)25-21-22-18-8-4-5-9-19(18)27-21/h1-9,17H,10-15H2. The number of nitrogens with zero attached hydrogens (tertiary/aromatic N) is 2. The molecule has 0 aliphatic carbocycles. The van der Waals surface area contributed by atoms with Crippen LogP contribution in [0.5, 0.6) is 5.19 Å². The van der Waals surface area contributed by atoms with Gasteiger partial charge in [-0.25, -0.2) is 4.98 Å². The number of aromatic nitrogens is 1. The van der Waals surface area contributed by atoms with Gasteiger partial charge in [-0.3, -0.25) is 4.79 Å². The average Bonchev–Trinajstić information content (AvgIpc) is 3.11. The lowest BCUT2D eigenvalue weighted by Crippen LogP contribution is -2.42. The van der Waals surface area contributed by atoms with Crippen LogP contribution in [-0.4, -0.2) is 40.7 Å². The molecule has 0 N–H and O–H groups in total. The molecule has 6 heteroatoms. The molecule has 2 heterocycles. The molecule has 1 aromatic heterocycles. The molecule has 27 heavy (non-hydrogen) atoms. The summed E-state index contributed by atoms with van der Waals surface area (Å²) in [6.45, 7) is 1.53. The number of benzene rings is 2. The Morgan fingerprint density at radius 3 is 2.63 bits per heavy atom. The first-order chi connectivity index (χ1) is 13.3. The van der Waals surface area contributed by atoms with Crippen LogP contribution in [0, 0.1) is 0 Å². The molecule has 2 aromatic carbocycles. The van der Waals surface area contributed by atoms with Crippen LogP contribution in [-0.2, 0) is 10.5 Å². The monoisotopic (exact) mass is 398 g/mol. The fraction of sp³-hybridized carbons (Fsp3) is 0.333. The number of carbonyl (C=O) groups is 1. The zero-order valence-corrected chi connectivity index (χ0v) is 16.7. The van der Waals surface area contributed by atoms with Crippen LogP contribution in [0.15, 0.2) is 54.6 Å². The van der Waals surface area contributed by atoms with Gasteiger partial charge in [0.1, 0.15) is 6.10 Å². The number of hydrogen-bond donors (Lipinski definition) is 0. The molecule has 0 spiro atoms. The molecule has 0 unspecified atom stereocenters. The van der Waals surface area contributed by atoms with E-state index in [1.54, 1.807) is 23.1 Å². The summed E-state index contributed by atoms with van der Waals surface area (Å²) >= 11 is 3.27. The summed E-state index contributed by atoms with van der Waals surface area (Å²) in [5.74, 6) is 1.65. The number of carbonyl (C=O) groups excluding carboxylic acids is 1.